The van der Waals surface area contributed by atoms with Crippen LogP contribution in [0.4, 0.5) is 0 Å². The van der Waals surface area contributed by atoms with E-state index in [4.69, 9.17) is 4.74 Å². The number of methoxy groups -OCH3 is 1. The van der Waals surface area contributed by atoms with Gasteiger partial charge in [-0.25, -0.2) is 0 Å². The summed E-state index contributed by atoms with van der Waals surface area (Å²) in [5, 5.41) is 13.1. The van der Waals surface area contributed by atoms with Gasteiger partial charge in [-0.3, -0.25) is 4.79 Å². The molecule has 18 heavy (non-hydrogen) atoms. The van der Waals surface area contributed by atoms with E-state index in [1.807, 2.05) is 0 Å². The van der Waals surface area contributed by atoms with Crippen LogP contribution in [-0.4, -0.2) is 61.9 Å². The Kier molecular flexibility index (Phi) is 4.59. The highest BCUT2D eigenvalue weighted by molar-refractivity contribution is 5.84. The Morgan fingerprint density at radius 1 is 1.61 bits per heavy atom. The normalized spacial score (nSPS) is 33.7. The van der Waals surface area contributed by atoms with Crippen LogP contribution in [0.25, 0.3) is 0 Å². The average molecular weight is 256 g/mol. The topological polar surface area (TPSA) is 61.8 Å². The Labute approximate surface area is 108 Å². The second-order valence-electron chi connectivity index (χ2n) is 5.44. The van der Waals surface area contributed by atoms with E-state index in [9.17, 15) is 9.90 Å². The van der Waals surface area contributed by atoms with Crippen LogP contribution in [0.15, 0.2) is 0 Å². The van der Waals surface area contributed by atoms with Gasteiger partial charge in [-0.1, -0.05) is 0 Å². The third-order valence-electron chi connectivity index (χ3n) is 4.22. The number of nitrogens with zero attached hydrogens (tertiary/aromatic N) is 1. The third kappa shape index (κ3) is 2.68. The number of hydrogen-bond donors (Lipinski definition) is 2. The van der Waals surface area contributed by atoms with Gasteiger partial charge in [0.15, 0.2) is 0 Å². The van der Waals surface area contributed by atoms with Gasteiger partial charge in [0.05, 0.1) is 11.5 Å². The summed E-state index contributed by atoms with van der Waals surface area (Å²) in [7, 11) is 1.70. The van der Waals surface area contributed by atoms with Crippen molar-refractivity contribution in [2.24, 2.45) is 5.41 Å². The standard InChI is InChI=1S/C13H24N2O3/c1-18-9-3-7-15-8-4-11(16)13(10-15)5-2-6-14-12(13)17/h11,16H,2-10H2,1H3,(H,14,17)/t11-,13+/m0/s1. The van der Waals surface area contributed by atoms with E-state index < -0.39 is 11.5 Å². The van der Waals surface area contributed by atoms with Gasteiger partial charge < -0.3 is 20.1 Å². The van der Waals surface area contributed by atoms with Gasteiger partial charge in [-0.05, 0) is 25.7 Å². The SMILES string of the molecule is COCCCN1CC[C@H](O)[C@@]2(CCCNC2=O)C1. The predicted octanol–water partition coefficient (Wildman–Crippen LogP) is -0.0141. The van der Waals surface area contributed by atoms with Crippen LogP contribution >= 0.6 is 0 Å². The first-order valence-electron chi connectivity index (χ1n) is 6.87. The fraction of sp³-hybridized carbons (Fsp3) is 0.923. The molecule has 0 bridgehead atoms. The zero-order valence-electron chi connectivity index (χ0n) is 11.2. The fourth-order valence-corrected chi connectivity index (χ4v) is 3.15. The Bertz CT molecular complexity index is 298. The molecule has 5 heteroatoms. The van der Waals surface area contributed by atoms with Crippen LogP contribution in [0.1, 0.15) is 25.7 Å². The van der Waals surface area contributed by atoms with E-state index in [-0.39, 0.29) is 5.91 Å². The lowest BCUT2D eigenvalue weighted by Crippen LogP contribution is -2.61. The molecule has 1 spiro atoms. The third-order valence-corrected chi connectivity index (χ3v) is 4.22. The van der Waals surface area contributed by atoms with Crippen molar-refractivity contribution in [1.29, 1.82) is 0 Å². The van der Waals surface area contributed by atoms with Crippen molar-refractivity contribution in [1.82, 2.24) is 10.2 Å². The summed E-state index contributed by atoms with van der Waals surface area (Å²) in [6.45, 7) is 3.99. The number of carbonyl (C=O) groups excluding carboxylic acids is 1. The monoisotopic (exact) mass is 256 g/mol. The number of carbonyl (C=O) groups is 1. The van der Waals surface area contributed by atoms with Gasteiger partial charge in [0, 0.05) is 39.9 Å². The first-order valence-corrected chi connectivity index (χ1v) is 6.87. The fourth-order valence-electron chi connectivity index (χ4n) is 3.15. The van der Waals surface area contributed by atoms with Gasteiger partial charge in [0.25, 0.3) is 0 Å². The van der Waals surface area contributed by atoms with Gasteiger partial charge in [-0.2, -0.15) is 0 Å². The van der Waals surface area contributed by atoms with Crippen molar-refractivity contribution in [3.8, 4) is 0 Å². The van der Waals surface area contributed by atoms with Crippen molar-refractivity contribution in [3.63, 3.8) is 0 Å². The number of piperidine rings is 2. The van der Waals surface area contributed by atoms with Crippen molar-refractivity contribution in [2.75, 3.05) is 39.9 Å². The van der Waals surface area contributed by atoms with Crippen LogP contribution in [0.2, 0.25) is 0 Å². The van der Waals surface area contributed by atoms with Crippen molar-refractivity contribution < 1.29 is 14.6 Å². The zero-order chi connectivity index (χ0) is 13.0. The molecule has 2 fully saturated rings. The Morgan fingerprint density at radius 3 is 3.17 bits per heavy atom. The Morgan fingerprint density at radius 2 is 2.44 bits per heavy atom. The van der Waals surface area contributed by atoms with E-state index in [0.717, 1.165) is 45.5 Å². The minimum atomic E-state index is -0.566. The molecule has 0 unspecified atom stereocenters. The molecule has 2 atom stereocenters. The predicted molar refractivity (Wildman–Crippen MR) is 68.2 cm³/mol. The van der Waals surface area contributed by atoms with Crippen LogP contribution in [0.3, 0.4) is 0 Å². The minimum absolute atomic E-state index is 0.0395. The van der Waals surface area contributed by atoms with E-state index in [0.29, 0.717) is 13.0 Å². The van der Waals surface area contributed by atoms with E-state index in [2.05, 4.69) is 10.2 Å². The number of rotatable bonds is 4. The molecule has 0 radical (unpaired) electrons. The lowest BCUT2D eigenvalue weighted by molar-refractivity contribution is -0.149. The molecule has 2 aliphatic rings. The minimum Gasteiger partial charge on any atom is -0.392 e. The number of nitrogens with one attached hydrogen (secondary N) is 1. The molecule has 0 aliphatic carbocycles. The van der Waals surface area contributed by atoms with Crippen LogP contribution in [-0.2, 0) is 9.53 Å². The summed E-state index contributed by atoms with van der Waals surface area (Å²) >= 11 is 0. The van der Waals surface area contributed by atoms with Crippen LogP contribution in [0.5, 0.6) is 0 Å². The highest BCUT2D eigenvalue weighted by Crippen LogP contribution is 2.37. The number of aliphatic hydroxyl groups excluding tert-OH is 1. The number of ether oxygens (including phenoxy) is 1. The quantitative estimate of drug-likeness (QED) is 0.694. The molecule has 0 aromatic heterocycles. The molecule has 0 aromatic rings. The van der Waals surface area contributed by atoms with E-state index in [1.165, 1.54) is 0 Å². The average Bonchev–Trinajstić information content (AvgIpc) is 2.37. The lowest BCUT2D eigenvalue weighted by Gasteiger charge is -2.47. The second kappa shape index (κ2) is 5.99. The maximum Gasteiger partial charge on any atom is 0.230 e. The second-order valence-corrected chi connectivity index (χ2v) is 5.44. The van der Waals surface area contributed by atoms with E-state index in [1.54, 1.807) is 7.11 Å². The van der Waals surface area contributed by atoms with Crippen molar-refractivity contribution >= 4 is 5.91 Å². The first-order chi connectivity index (χ1) is 8.69. The molecule has 5 nitrogen and oxygen atoms in total. The van der Waals surface area contributed by atoms with Gasteiger partial charge in [0.1, 0.15) is 0 Å². The van der Waals surface area contributed by atoms with E-state index >= 15 is 0 Å². The summed E-state index contributed by atoms with van der Waals surface area (Å²) in [6.07, 6.45) is 2.96. The summed E-state index contributed by atoms with van der Waals surface area (Å²) in [5.41, 5.74) is -0.566. The maximum atomic E-state index is 12.1. The lowest BCUT2D eigenvalue weighted by atomic mass is 9.71. The summed E-state index contributed by atoms with van der Waals surface area (Å²) in [4.78, 5) is 14.4. The first kappa shape index (κ1) is 13.8. The number of amides is 1. The zero-order valence-corrected chi connectivity index (χ0v) is 11.2. The Balaban J connectivity index is 1.97. The maximum absolute atomic E-state index is 12.1. The summed E-state index contributed by atoms with van der Waals surface area (Å²) in [5.74, 6) is 0.0395. The molecule has 2 rings (SSSR count). The van der Waals surface area contributed by atoms with Crippen LogP contribution in [0, 0.1) is 5.41 Å². The highest BCUT2D eigenvalue weighted by atomic mass is 16.5. The molecule has 104 valence electrons. The largest absolute Gasteiger partial charge is 0.392 e. The molecule has 0 aromatic carbocycles. The number of likely N-dealkylation sites (tertiary alicyclic amines) is 1. The van der Waals surface area contributed by atoms with Gasteiger partial charge >= 0.3 is 0 Å². The molecule has 2 saturated heterocycles. The molecule has 2 aliphatic heterocycles. The summed E-state index contributed by atoms with van der Waals surface area (Å²) in [6, 6.07) is 0. The van der Waals surface area contributed by atoms with Gasteiger partial charge in [0.2, 0.25) is 5.91 Å². The molecule has 1 amide bonds. The molecule has 2 heterocycles. The van der Waals surface area contributed by atoms with Crippen molar-refractivity contribution in [3.05, 3.63) is 0 Å². The molecular weight excluding hydrogens is 232 g/mol. The van der Waals surface area contributed by atoms with Gasteiger partial charge in [-0.15, -0.1) is 0 Å². The summed E-state index contributed by atoms with van der Waals surface area (Å²) < 4.78 is 5.06. The number of aliphatic hydroxyl groups is 1. The molecule has 2 N–H and O–H groups in total. The van der Waals surface area contributed by atoms with Crippen LogP contribution < -0.4 is 5.32 Å². The number of hydrogen-bond acceptors (Lipinski definition) is 4. The highest BCUT2D eigenvalue weighted by Gasteiger charge is 2.49. The smallest absolute Gasteiger partial charge is 0.230 e. The molecule has 0 saturated carbocycles. The van der Waals surface area contributed by atoms with Crippen molar-refractivity contribution in [2.45, 2.75) is 31.8 Å². The Hall–Kier alpha value is -0.650. The molecular formula is C13H24N2O3.